The quantitative estimate of drug-likeness (QED) is 0.598. The minimum Gasteiger partial charge on any atom is -0.468 e. The predicted molar refractivity (Wildman–Crippen MR) is 75.7 cm³/mol. The summed E-state index contributed by atoms with van der Waals surface area (Å²) in [5.74, 6) is -2.56. The lowest BCUT2D eigenvalue weighted by atomic mass is 9.80. The number of hydrogen-bond donors (Lipinski definition) is 0. The van der Waals surface area contributed by atoms with Crippen LogP contribution in [0.15, 0.2) is 24.3 Å². The molecule has 0 aliphatic carbocycles. The molecule has 0 spiro atoms. The van der Waals surface area contributed by atoms with Crippen molar-refractivity contribution in [1.29, 1.82) is 0 Å². The van der Waals surface area contributed by atoms with Gasteiger partial charge in [-0.05, 0) is 31.5 Å². The molecule has 0 fully saturated rings. The molecule has 0 bridgehead atoms. The third-order valence-corrected chi connectivity index (χ3v) is 3.35. The third-order valence-electron chi connectivity index (χ3n) is 3.10. The Morgan fingerprint density at radius 1 is 1.15 bits per heavy atom. The van der Waals surface area contributed by atoms with E-state index in [9.17, 15) is 14.4 Å². The van der Waals surface area contributed by atoms with Gasteiger partial charge in [-0.3, -0.25) is 9.59 Å². The molecular formula is C15H17ClO4. The molecule has 0 heterocycles. The first-order valence-corrected chi connectivity index (χ1v) is 6.57. The molecule has 0 saturated carbocycles. The Kier molecular flexibility index (Phi) is 5.89. The lowest BCUT2D eigenvalue weighted by molar-refractivity contribution is -0.150. The van der Waals surface area contributed by atoms with Gasteiger partial charge in [-0.1, -0.05) is 23.7 Å². The van der Waals surface area contributed by atoms with E-state index in [0.29, 0.717) is 5.02 Å². The Labute approximate surface area is 123 Å². The molecular weight excluding hydrogens is 280 g/mol. The van der Waals surface area contributed by atoms with Gasteiger partial charge in [-0.25, -0.2) is 0 Å². The van der Waals surface area contributed by atoms with Gasteiger partial charge < -0.3 is 9.53 Å². The topological polar surface area (TPSA) is 60.4 Å². The van der Waals surface area contributed by atoms with Crippen LogP contribution in [-0.4, -0.2) is 24.6 Å². The number of carbonyl (C=O) groups is 3. The number of hydrogen-bond acceptors (Lipinski definition) is 4. The molecule has 0 amide bonds. The van der Waals surface area contributed by atoms with Gasteiger partial charge in [0.2, 0.25) is 0 Å². The number of esters is 1. The summed E-state index contributed by atoms with van der Waals surface area (Å²) in [6.45, 7) is 2.75. The zero-order valence-corrected chi connectivity index (χ0v) is 12.4. The summed E-state index contributed by atoms with van der Waals surface area (Å²) < 4.78 is 4.68. The maximum absolute atomic E-state index is 11.8. The zero-order chi connectivity index (χ0) is 15.3. The second-order valence-corrected chi connectivity index (χ2v) is 5.11. The Morgan fingerprint density at radius 2 is 1.70 bits per heavy atom. The van der Waals surface area contributed by atoms with E-state index in [2.05, 4.69) is 4.74 Å². The Morgan fingerprint density at radius 3 is 2.10 bits per heavy atom. The lowest BCUT2D eigenvalue weighted by Crippen LogP contribution is -2.31. The van der Waals surface area contributed by atoms with Crippen LogP contribution in [-0.2, 0) is 19.1 Å². The molecule has 0 aliphatic rings. The first-order chi connectivity index (χ1) is 9.36. The van der Waals surface area contributed by atoms with E-state index in [4.69, 9.17) is 11.6 Å². The summed E-state index contributed by atoms with van der Waals surface area (Å²) >= 11 is 5.83. The Balaban J connectivity index is 3.21. The maximum atomic E-state index is 11.8. The fourth-order valence-corrected chi connectivity index (χ4v) is 2.31. The van der Waals surface area contributed by atoms with Crippen LogP contribution in [0, 0.1) is 5.92 Å². The molecule has 1 rings (SSSR count). The zero-order valence-electron chi connectivity index (χ0n) is 11.7. The van der Waals surface area contributed by atoms with Gasteiger partial charge in [0.15, 0.2) is 0 Å². The summed E-state index contributed by atoms with van der Waals surface area (Å²) in [4.78, 5) is 35.0. The molecule has 1 aromatic carbocycles. The molecule has 2 atom stereocenters. The fraction of sp³-hybridized carbons (Fsp3) is 0.400. The number of rotatable bonds is 6. The highest BCUT2D eigenvalue weighted by Gasteiger charge is 2.35. The highest BCUT2D eigenvalue weighted by atomic mass is 35.5. The number of halogens is 1. The van der Waals surface area contributed by atoms with E-state index < -0.39 is 17.8 Å². The maximum Gasteiger partial charge on any atom is 0.316 e. The highest BCUT2D eigenvalue weighted by Crippen LogP contribution is 2.31. The standard InChI is InChI=1S/C15H17ClO4/c1-9(17)8-13(11-4-6-12(16)7-5-11)14(10(2)18)15(19)20-3/h4-7,13-14H,8H2,1-3H3/t13-,14+/m1/s1. The van der Waals surface area contributed by atoms with Crippen LogP contribution in [0.4, 0.5) is 0 Å². The number of ketones is 2. The number of carbonyl (C=O) groups excluding carboxylic acids is 3. The van der Waals surface area contributed by atoms with Crippen molar-refractivity contribution >= 4 is 29.1 Å². The number of benzene rings is 1. The van der Waals surface area contributed by atoms with E-state index in [1.807, 2.05) is 0 Å². The van der Waals surface area contributed by atoms with E-state index in [-0.39, 0.29) is 18.0 Å². The second kappa shape index (κ2) is 7.20. The van der Waals surface area contributed by atoms with Gasteiger partial charge >= 0.3 is 5.97 Å². The first kappa shape index (κ1) is 16.4. The summed E-state index contributed by atoms with van der Waals surface area (Å²) in [5.41, 5.74) is 0.718. The third kappa shape index (κ3) is 4.17. The van der Waals surface area contributed by atoms with Crippen molar-refractivity contribution in [2.24, 2.45) is 5.92 Å². The Hall–Kier alpha value is -1.68. The minimum atomic E-state index is -0.981. The van der Waals surface area contributed by atoms with Crippen LogP contribution in [0.25, 0.3) is 0 Å². The monoisotopic (exact) mass is 296 g/mol. The van der Waals surface area contributed by atoms with E-state index in [1.165, 1.54) is 21.0 Å². The molecule has 0 radical (unpaired) electrons. The van der Waals surface area contributed by atoms with Crippen LogP contribution < -0.4 is 0 Å². The lowest BCUT2D eigenvalue weighted by Gasteiger charge is -2.23. The van der Waals surface area contributed by atoms with E-state index >= 15 is 0 Å². The molecule has 4 nitrogen and oxygen atoms in total. The summed E-state index contributed by atoms with van der Waals surface area (Å²) in [5, 5.41) is 0.549. The SMILES string of the molecule is COC(=O)[C@@H](C(C)=O)[C@H](CC(C)=O)c1ccc(Cl)cc1. The van der Waals surface area contributed by atoms with Crippen molar-refractivity contribution in [2.45, 2.75) is 26.2 Å². The van der Waals surface area contributed by atoms with Gasteiger partial charge in [0.1, 0.15) is 17.5 Å². The molecule has 108 valence electrons. The fourth-order valence-electron chi connectivity index (χ4n) is 2.19. The van der Waals surface area contributed by atoms with Crippen LogP contribution in [0.5, 0.6) is 0 Å². The molecule has 5 heteroatoms. The van der Waals surface area contributed by atoms with Crippen molar-refractivity contribution in [2.75, 3.05) is 7.11 Å². The van der Waals surface area contributed by atoms with Crippen molar-refractivity contribution in [3.63, 3.8) is 0 Å². The smallest absolute Gasteiger partial charge is 0.316 e. The molecule has 0 saturated heterocycles. The van der Waals surface area contributed by atoms with Crippen molar-refractivity contribution < 1.29 is 19.1 Å². The highest BCUT2D eigenvalue weighted by molar-refractivity contribution is 6.30. The summed E-state index contributed by atoms with van der Waals surface area (Å²) in [6.07, 6.45) is 0.0982. The Bertz CT molecular complexity index is 507. The molecule has 0 unspecified atom stereocenters. The average molecular weight is 297 g/mol. The van der Waals surface area contributed by atoms with Crippen molar-refractivity contribution in [3.8, 4) is 0 Å². The van der Waals surface area contributed by atoms with Gasteiger partial charge in [0.05, 0.1) is 7.11 Å². The predicted octanol–water partition coefficient (Wildman–Crippen LogP) is 2.78. The molecule has 0 aromatic heterocycles. The largest absolute Gasteiger partial charge is 0.468 e. The molecule has 0 aliphatic heterocycles. The normalized spacial score (nSPS) is 13.4. The van der Waals surface area contributed by atoms with Gasteiger partial charge in [0, 0.05) is 17.4 Å². The summed E-state index contributed by atoms with van der Waals surface area (Å²) in [7, 11) is 1.23. The molecule has 1 aromatic rings. The number of Topliss-reactive ketones (excluding diaryl/α,β-unsaturated/α-hetero) is 2. The van der Waals surface area contributed by atoms with Crippen LogP contribution in [0.1, 0.15) is 31.7 Å². The summed E-state index contributed by atoms with van der Waals surface area (Å²) in [6, 6.07) is 6.76. The average Bonchev–Trinajstić information content (AvgIpc) is 2.37. The van der Waals surface area contributed by atoms with Gasteiger partial charge in [-0.15, -0.1) is 0 Å². The van der Waals surface area contributed by atoms with Crippen LogP contribution >= 0.6 is 11.6 Å². The first-order valence-electron chi connectivity index (χ1n) is 6.20. The van der Waals surface area contributed by atoms with Crippen LogP contribution in [0.2, 0.25) is 5.02 Å². The number of ether oxygens (including phenoxy) is 1. The van der Waals surface area contributed by atoms with Crippen LogP contribution in [0.3, 0.4) is 0 Å². The van der Waals surface area contributed by atoms with Gasteiger partial charge in [0.25, 0.3) is 0 Å². The second-order valence-electron chi connectivity index (χ2n) is 4.68. The molecule has 0 N–H and O–H groups in total. The van der Waals surface area contributed by atoms with Crippen molar-refractivity contribution in [1.82, 2.24) is 0 Å². The van der Waals surface area contributed by atoms with Crippen molar-refractivity contribution in [3.05, 3.63) is 34.9 Å². The molecule has 20 heavy (non-hydrogen) atoms. The van der Waals surface area contributed by atoms with E-state index in [0.717, 1.165) is 5.56 Å². The van der Waals surface area contributed by atoms with Gasteiger partial charge in [-0.2, -0.15) is 0 Å². The minimum absolute atomic E-state index is 0.0971. The van der Waals surface area contributed by atoms with E-state index in [1.54, 1.807) is 24.3 Å². The number of methoxy groups -OCH3 is 1.